The van der Waals surface area contributed by atoms with Gasteiger partial charge < -0.3 is 10.4 Å². The van der Waals surface area contributed by atoms with E-state index in [0.29, 0.717) is 11.6 Å². The SMILES string of the molecule is CC(O)c1ccccc1NCc1cc(F)cc(Cl)c1. The van der Waals surface area contributed by atoms with Crippen LogP contribution in [0, 0.1) is 5.82 Å². The Kier molecular flexibility index (Phi) is 4.40. The quantitative estimate of drug-likeness (QED) is 0.881. The monoisotopic (exact) mass is 279 g/mol. The van der Waals surface area contributed by atoms with Gasteiger partial charge in [-0.1, -0.05) is 29.8 Å². The molecule has 19 heavy (non-hydrogen) atoms. The molecule has 0 bridgehead atoms. The van der Waals surface area contributed by atoms with E-state index < -0.39 is 6.10 Å². The van der Waals surface area contributed by atoms with Crippen molar-refractivity contribution < 1.29 is 9.50 Å². The van der Waals surface area contributed by atoms with Crippen LogP contribution in [0.25, 0.3) is 0 Å². The average Bonchev–Trinajstić information content (AvgIpc) is 2.35. The van der Waals surface area contributed by atoms with Crippen molar-refractivity contribution >= 4 is 17.3 Å². The fourth-order valence-electron chi connectivity index (χ4n) is 1.93. The van der Waals surface area contributed by atoms with Crippen LogP contribution in [-0.2, 0) is 6.54 Å². The van der Waals surface area contributed by atoms with Crippen LogP contribution < -0.4 is 5.32 Å². The lowest BCUT2D eigenvalue weighted by molar-refractivity contribution is 0.200. The van der Waals surface area contributed by atoms with E-state index in [1.54, 1.807) is 13.0 Å². The van der Waals surface area contributed by atoms with Crippen LogP contribution in [0.3, 0.4) is 0 Å². The first kappa shape index (κ1) is 13.8. The maximum absolute atomic E-state index is 13.2. The number of aliphatic hydroxyl groups is 1. The highest BCUT2D eigenvalue weighted by Gasteiger charge is 2.07. The van der Waals surface area contributed by atoms with Crippen molar-refractivity contribution in [3.8, 4) is 0 Å². The normalized spacial score (nSPS) is 12.2. The summed E-state index contributed by atoms with van der Waals surface area (Å²) >= 11 is 5.81. The maximum atomic E-state index is 13.2. The lowest BCUT2D eigenvalue weighted by atomic mass is 10.1. The molecule has 100 valence electrons. The summed E-state index contributed by atoms with van der Waals surface area (Å²) < 4.78 is 13.2. The summed E-state index contributed by atoms with van der Waals surface area (Å²) in [5.74, 6) is -0.354. The molecule has 0 amide bonds. The summed E-state index contributed by atoms with van der Waals surface area (Å²) in [6, 6.07) is 11.9. The summed E-state index contributed by atoms with van der Waals surface area (Å²) in [7, 11) is 0. The van der Waals surface area contributed by atoms with E-state index in [9.17, 15) is 9.50 Å². The Morgan fingerprint density at radius 3 is 2.68 bits per heavy atom. The average molecular weight is 280 g/mol. The molecule has 1 atom stereocenters. The van der Waals surface area contributed by atoms with Crippen LogP contribution in [0.2, 0.25) is 5.02 Å². The molecule has 0 heterocycles. The van der Waals surface area contributed by atoms with E-state index in [1.165, 1.54) is 12.1 Å². The van der Waals surface area contributed by atoms with Crippen molar-refractivity contribution in [2.24, 2.45) is 0 Å². The summed E-state index contributed by atoms with van der Waals surface area (Å²) in [4.78, 5) is 0. The fraction of sp³-hybridized carbons (Fsp3) is 0.200. The number of hydrogen-bond donors (Lipinski definition) is 2. The zero-order valence-electron chi connectivity index (χ0n) is 10.5. The van der Waals surface area contributed by atoms with Crippen molar-refractivity contribution in [3.05, 3.63) is 64.4 Å². The maximum Gasteiger partial charge on any atom is 0.125 e. The molecule has 0 saturated heterocycles. The van der Waals surface area contributed by atoms with E-state index in [0.717, 1.165) is 16.8 Å². The van der Waals surface area contributed by atoms with E-state index in [1.807, 2.05) is 24.3 Å². The predicted molar refractivity (Wildman–Crippen MR) is 75.8 cm³/mol. The lowest BCUT2D eigenvalue weighted by Crippen LogP contribution is -2.04. The summed E-state index contributed by atoms with van der Waals surface area (Å²) in [5.41, 5.74) is 2.40. The Balaban J connectivity index is 2.14. The number of hydrogen-bond acceptors (Lipinski definition) is 2. The number of nitrogens with one attached hydrogen (secondary N) is 1. The Labute approximate surface area is 116 Å². The predicted octanol–water partition coefficient (Wildman–Crippen LogP) is 4.14. The minimum Gasteiger partial charge on any atom is -0.389 e. The third-order valence-electron chi connectivity index (χ3n) is 2.82. The largest absolute Gasteiger partial charge is 0.389 e. The molecule has 1 unspecified atom stereocenters. The minimum atomic E-state index is -0.556. The molecule has 0 aliphatic rings. The molecule has 0 aromatic heterocycles. The number of anilines is 1. The second kappa shape index (κ2) is 6.04. The topological polar surface area (TPSA) is 32.3 Å². The fourth-order valence-corrected chi connectivity index (χ4v) is 2.18. The van der Waals surface area contributed by atoms with E-state index in [-0.39, 0.29) is 5.82 Å². The molecule has 0 radical (unpaired) electrons. The van der Waals surface area contributed by atoms with Crippen LogP contribution in [0.5, 0.6) is 0 Å². The molecule has 0 aliphatic carbocycles. The van der Waals surface area contributed by atoms with Gasteiger partial charge in [-0.15, -0.1) is 0 Å². The van der Waals surface area contributed by atoms with Gasteiger partial charge in [-0.05, 0) is 36.8 Å². The molecule has 0 spiro atoms. The molecular formula is C15H15ClFNO. The Morgan fingerprint density at radius 2 is 2.00 bits per heavy atom. The first-order valence-corrected chi connectivity index (χ1v) is 6.40. The van der Waals surface area contributed by atoms with Gasteiger partial charge >= 0.3 is 0 Å². The summed E-state index contributed by atoms with van der Waals surface area (Å²) in [6.45, 7) is 2.15. The standard InChI is InChI=1S/C15H15ClFNO/c1-10(19)14-4-2-3-5-15(14)18-9-11-6-12(16)8-13(17)7-11/h2-8,10,18-19H,9H2,1H3. The van der Waals surface area contributed by atoms with E-state index in [4.69, 9.17) is 11.6 Å². The molecule has 0 saturated carbocycles. The van der Waals surface area contributed by atoms with Crippen molar-refractivity contribution in [1.82, 2.24) is 0 Å². The zero-order valence-corrected chi connectivity index (χ0v) is 11.3. The van der Waals surface area contributed by atoms with Gasteiger partial charge in [0.25, 0.3) is 0 Å². The van der Waals surface area contributed by atoms with Gasteiger partial charge in [0.05, 0.1) is 6.10 Å². The van der Waals surface area contributed by atoms with Gasteiger partial charge in [0.2, 0.25) is 0 Å². The second-order valence-corrected chi connectivity index (χ2v) is 4.83. The van der Waals surface area contributed by atoms with Crippen molar-refractivity contribution in [2.75, 3.05) is 5.32 Å². The number of para-hydroxylation sites is 1. The number of aliphatic hydroxyl groups excluding tert-OH is 1. The highest BCUT2D eigenvalue weighted by Crippen LogP contribution is 2.23. The molecule has 2 aromatic rings. The molecule has 2 rings (SSSR count). The van der Waals surface area contributed by atoms with Crippen LogP contribution in [0.1, 0.15) is 24.2 Å². The van der Waals surface area contributed by atoms with E-state index >= 15 is 0 Å². The lowest BCUT2D eigenvalue weighted by Gasteiger charge is -2.14. The van der Waals surface area contributed by atoms with Gasteiger partial charge in [-0.3, -0.25) is 0 Å². The van der Waals surface area contributed by atoms with Crippen molar-refractivity contribution in [2.45, 2.75) is 19.6 Å². The van der Waals surface area contributed by atoms with Gasteiger partial charge in [0.15, 0.2) is 0 Å². The molecule has 2 nitrogen and oxygen atoms in total. The third-order valence-corrected chi connectivity index (χ3v) is 3.03. The van der Waals surface area contributed by atoms with E-state index in [2.05, 4.69) is 5.32 Å². The zero-order chi connectivity index (χ0) is 13.8. The first-order valence-electron chi connectivity index (χ1n) is 6.02. The van der Waals surface area contributed by atoms with Crippen molar-refractivity contribution in [3.63, 3.8) is 0 Å². The Morgan fingerprint density at radius 1 is 1.26 bits per heavy atom. The van der Waals surface area contributed by atoms with Crippen LogP contribution in [-0.4, -0.2) is 5.11 Å². The molecule has 2 N–H and O–H groups in total. The van der Waals surface area contributed by atoms with Gasteiger partial charge in [-0.25, -0.2) is 4.39 Å². The van der Waals surface area contributed by atoms with Gasteiger partial charge in [0.1, 0.15) is 5.82 Å². The van der Waals surface area contributed by atoms with Crippen LogP contribution >= 0.6 is 11.6 Å². The Bertz CT molecular complexity index is 552. The number of benzene rings is 2. The summed E-state index contributed by atoms with van der Waals surface area (Å²) in [5, 5.41) is 13.2. The van der Waals surface area contributed by atoms with Gasteiger partial charge in [-0.2, -0.15) is 0 Å². The second-order valence-electron chi connectivity index (χ2n) is 4.39. The molecule has 0 aliphatic heterocycles. The first-order chi connectivity index (χ1) is 9.06. The van der Waals surface area contributed by atoms with Crippen LogP contribution in [0.15, 0.2) is 42.5 Å². The third kappa shape index (κ3) is 3.69. The molecule has 2 aromatic carbocycles. The van der Waals surface area contributed by atoms with Crippen molar-refractivity contribution in [1.29, 1.82) is 0 Å². The van der Waals surface area contributed by atoms with Gasteiger partial charge in [0, 0.05) is 22.8 Å². The summed E-state index contributed by atoms with van der Waals surface area (Å²) in [6.07, 6.45) is -0.556. The number of halogens is 2. The molecular weight excluding hydrogens is 265 g/mol. The smallest absolute Gasteiger partial charge is 0.125 e. The highest BCUT2D eigenvalue weighted by atomic mass is 35.5. The number of rotatable bonds is 4. The molecule has 0 fully saturated rings. The Hall–Kier alpha value is -1.58. The minimum absolute atomic E-state index is 0.354. The van der Waals surface area contributed by atoms with Crippen LogP contribution in [0.4, 0.5) is 10.1 Å². The molecule has 4 heteroatoms. The highest BCUT2D eigenvalue weighted by molar-refractivity contribution is 6.30.